The summed E-state index contributed by atoms with van der Waals surface area (Å²) in [5.41, 5.74) is 6.06. The molecule has 6 rings (SSSR count). The van der Waals surface area contributed by atoms with Crippen LogP contribution in [0.1, 0.15) is 94.7 Å². The van der Waals surface area contributed by atoms with Crippen LogP contribution in [0.15, 0.2) is 67.0 Å². The van der Waals surface area contributed by atoms with Gasteiger partial charge in [-0.2, -0.15) is 0 Å². The van der Waals surface area contributed by atoms with Gasteiger partial charge in [-0.3, -0.25) is 4.21 Å². The third kappa shape index (κ3) is 7.64. The molecule has 2 atom stereocenters. The lowest BCUT2D eigenvalue weighted by atomic mass is 9.73. The summed E-state index contributed by atoms with van der Waals surface area (Å²) < 4.78 is 35.5. The molecule has 254 valence electrons. The molecule has 0 saturated carbocycles. The van der Waals surface area contributed by atoms with Gasteiger partial charge in [-0.05, 0) is 79.8 Å². The SMILES string of the molecule is CC.Cc1ccc2cc1-c1ncc([nH]1)C(C)(c1cccc(CCC=O)c1)CCCC(C)(C)CCS(=O)Cc1c(c(F)cc3[nH]ccc13)O2. The number of hydrogen-bond acceptors (Lipinski definition) is 4. The van der Waals surface area contributed by atoms with Crippen molar-refractivity contribution in [2.24, 2.45) is 5.41 Å². The van der Waals surface area contributed by atoms with E-state index in [0.717, 1.165) is 59.7 Å². The van der Waals surface area contributed by atoms with Crippen LogP contribution in [0.4, 0.5) is 4.39 Å². The second kappa shape index (κ2) is 15.0. The Labute approximate surface area is 286 Å². The van der Waals surface area contributed by atoms with E-state index in [1.807, 2.05) is 51.2 Å². The van der Waals surface area contributed by atoms with Gasteiger partial charge in [0, 0.05) is 74.6 Å². The Morgan fingerprint density at radius 2 is 1.85 bits per heavy atom. The molecule has 3 aromatic carbocycles. The number of halogens is 1. The minimum absolute atomic E-state index is 0.0355. The number of aromatic nitrogens is 3. The van der Waals surface area contributed by atoms with Crippen LogP contribution in [0, 0.1) is 18.2 Å². The van der Waals surface area contributed by atoms with Crippen molar-refractivity contribution < 1.29 is 18.1 Å². The summed E-state index contributed by atoms with van der Waals surface area (Å²) in [6, 6.07) is 17.5. The maximum Gasteiger partial charge on any atom is 0.168 e. The van der Waals surface area contributed by atoms with Crippen molar-refractivity contribution in [2.75, 3.05) is 5.75 Å². The second-order valence-corrected chi connectivity index (χ2v) is 15.2. The first-order chi connectivity index (χ1) is 23.1. The van der Waals surface area contributed by atoms with Crippen LogP contribution < -0.4 is 4.74 Å². The van der Waals surface area contributed by atoms with Crippen LogP contribution >= 0.6 is 0 Å². The van der Waals surface area contributed by atoms with Crippen molar-refractivity contribution in [1.82, 2.24) is 15.0 Å². The van der Waals surface area contributed by atoms with E-state index in [9.17, 15) is 9.00 Å². The second-order valence-electron chi connectivity index (χ2n) is 13.6. The van der Waals surface area contributed by atoms with Crippen molar-refractivity contribution in [2.45, 2.75) is 91.2 Å². The van der Waals surface area contributed by atoms with Crippen LogP contribution in [-0.4, -0.2) is 31.2 Å². The van der Waals surface area contributed by atoms with Crippen LogP contribution in [0.2, 0.25) is 0 Å². The Balaban J connectivity index is 0.00000221. The molecule has 1 aliphatic heterocycles. The summed E-state index contributed by atoms with van der Waals surface area (Å²) in [7, 11) is -1.22. The molecule has 4 bridgehead atoms. The molecule has 0 radical (unpaired) electrons. The fourth-order valence-electron chi connectivity index (χ4n) is 6.65. The molecule has 0 aliphatic carbocycles. The molecule has 2 unspecified atom stereocenters. The topological polar surface area (TPSA) is 87.8 Å². The van der Waals surface area contributed by atoms with Gasteiger partial charge < -0.3 is 19.5 Å². The number of hydrogen-bond donors (Lipinski definition) is 2. The van der Waals surface area contributed by atoms with Crippen molar-refractivity contribution in [3.8, 4) is 22.9 Å². The number of nitrogens with zero attached hydrogens (tertiary/aromatic N) is 1. The first-order valence-corrected chi connectivity index (χ1v) is 18.6. The standard InChI is InChI=1S/C38H42FN3O3S.C2H6/c1-25-11-12-28-21-30(25)36-41-23-34(42-36)38(4,27-10-5-8-26(20-27)9-6-18-43)15-7-14-37(2,3)16-19-46(44)24-31-29-13-17-40-33(29)22-32(39)35(31)45-28;1-2/h5,8,10-13,17-18,20-23,40H,6-7,9,14-16,19,24H2,1-4H3,(H,41,42);1-2H3. The fourth-order valence-corrected chi connectivity index (χ4v) is 8.19. The minimum Gasteiger partial charge on any atom is -0.454 e. The molecule has 0 spiro atoms. The molecule has 5 aromatic rings. The van der Waals surface area contributed by atoms with Gasteiger partial charge in [-0.25, -0.2) is 9.37 Å². The van der Waals surface area contributed by atoms with Gasteiger partial charge >= 0.3 is 0 Å². The Bertz CT molecular complexity index is 1910. The zero-order chi connectivity index (χ0) is 34.5. The van der Waals surface area contributed by atoms with Gasteiger partial charge in [-0.1, -0.05) is 64.4 Å². The maximum absolute atomic E-state index is 15.6. The summed E-state index contributed by atoms with van der Waals surface area (Å²) in [5.74, 6) is 1.53. The number of nitrogens with one attached hydrogen (secondary N) is 2. The average Bonchev–Trinajstić information content (AvgIpc) is 3.76. The van der Waals surface area contributed by atoms with Gasteiger partial charge in [0.1, 0.15) is 17.9 Å². The average molecular weight is 670 g/mol. The van der Waals surface area contributed by atoms with Crippen LogP contribution in [0.5, 0.6) is 11.5 Å². The highest BCUT2D eigenvalue weighted by atomic mass is 32.2. The van der Waals surface area contributed by atoms with Crippen LogP contribution in [0.3, 0.4) is 0 Å². The molecule has 0 saturated heterocycles. The van der Waals surface area contributed by atoms with E-state index >= 15 is 4.39 Å². The number of carbonyl (C=O) groups is 1. The smallest absolute Gasteiger partial charge is 0.168 e. The number of aryl methyl sites for hydroxylation is 2. The van der Waals surface area contributed by atoms with Gasteiger partial charge in [0.2, 0.25) is 0 Å². The number of imidazole rings is 1. The van der Waals surface area contributed by atoms with Gasteiger partial charge in [-0.15, -0.1) is 0 Å². The van der Waals surface area contributed by atoms with Crippen LogP contribution in [-0.2, 0) is 33.2 Å². The Morgan fingerprint density at radius 3 is 2.65 bits per heavy atom. The monoisotopic (exact) mass is 669 g/mol. The number of aldehydes is 1. The summed E-state index contributed by atoms with van der Waals surface area (Å²) in [4.78, 5) is 22.7. The zero-order valence-corrected chi connectivity index (χ0v) is 29.9. The molecular formula is C40H48FN3O3S. The quantitative estimate of drug-likeness (QED) is 0.187. The highest BCUT2D eigenvalue weighted by molar-refractivity contribution is 7.84. The molecule has 0 fully saturated rings. The largest absolute Gasteiger partial charge is 0.454 e. The maximum atomic E-state index is 15.6. The zero-order valence-electron chi connectivity index (χ0n) is 29.0. The normalized spacial score (nSPS) is 19.6. The van der Waals surface area contributed by atoms with Crippen molar-refractivity contribution in [1.29, 1.82) is 0 Å². The third-order valence-electron chi connectivity index (χ3n) is 9.68. The minimum atomic E-state index is -1.22. The summed E-state index contributed by atoms with van der Waals surface area (Å²) in [6.07, 6.45) is 9.47. The molecule has 8 heteroatoms. The molecule has 48 heavy (non-hydrogen) atoms. The summed E-state index contributed by atoms with van der Waals surface area (Å²) in [6.45, 7) is 12.8. The molecule has 0 amide bonds. The van der Waals surface area contributed by atoms with E-state index in [-0.39, 0.29) is 22.3 Å². The van der Waals surface area contributed by atoms with E-state index in [2.05, 4.69) is 55.0 Å². The molecule has 2 aromatic heterocycles. The Kier molecular flexibility index (Phi) is 11.0. The van der Waals surface area contributed by atoms with E-state index in [1.165, 1.54) is 11.6 Å². The fraction of sp³-hybridized carbons (Fsp3) is 0.400. The predicted molar refractivity (Wildman–Crippen MR) is 195 cm³/mol. The number of aromatic amines is 2. The number of benzene rings is 3. The molecule has 1 aliphatic rings. The van der Waals surface area contributed by atoms with Gasteiger partial charge in [0.25, 0.3) is 0 Å². The Morgan fingerprint density at radius 1 is 1.04 bits per heavy atom. The molecule has 2 N–H and O–H groups in total. The number of H-pyrrole nitrogens is 2. The number of ether oxygens (including phenoxy) is 1. The highest BCUT2D eigenvalue weighted by Crippen LogP contribution is 2.41. The molecule has 3 heterocycles. The van der Waals surface area contributed by atoms with E-state index in [1.54, 1.807) is 6.20 Å². The van der Waals surface area contributed by atoms with Gasteiger partial charge in [0.05, 0.1) is 5.75 Å². The number of carbonyl (C=O) groups excluding carboxylic acids is 1. The van der Waals surface area contributed by atoms with Crippen molar-refractivity contribution >= 4 is 28.0 Å². The lowest BCUT2D eigenvalue weighted by Gasteiger charge is -2.32. The Hall–Kier alpha value is -4.04. The first-order valence-electron chi connectivity index (χ1n) is 17.1. The molecular weight excluding hydrogens is 622 g/mol. The van der Waals surface area contributed by atoms with Crippen molar-refractivity contribution in [3.05, 3.63) is 101 Å². The van der Waals surface area contributed by atoms with Crippen molar-refractivity contribution in [3.63, 3.8) is 0 Å². The number of fused-ring (bicyclic) bond motifs is 8. The number of rotatable bonds is 4. The predicted octanol–water partition coefficient (Wildman–Crippen LogP) is 10.1. The van der Waals surface area contributed by atoms with E-state index in [0.29, 0.717) is 41.2 Å². The molecule has 6 nitrogen and oxygen atoms in total. The summed E-state index contributed by atoms with van der Waals surface area (Å²) in [5, 5.41) is 0.816. The van der Waals surface area contributed by atoms with Gasteiger partial charge in [0.15, 0.2) is 11.6 Å². The lowest BCUT2D eigenvalue weighted by molar-refractivity contribution is -0.107. The highest BCUT2D eigenvalue weighted by Gasteiger charge is 2.33. The first kappa shape index (κ1) is 35.3. The lowest BCUT2D eigenvalue weighted by Crippen LogP contribution is -2.26. The van der Waals surface area contributed by atoms with E-state index in [4.69, 9.17) is 9.72 Å². The summed E-state index contributed by atoms with van der Waals surface area (Å²) >= 11 is 0. The van der Waals surface area contributed by atoms with E-state index < -0.39 is 16.6 Å². The third-order valence-corrected chi connectivity index (χ3v) is 10.9. The van der Waals surface area contributed by atoms with Crippen LogP contribution in [0.25, 0.3) is 22.3 Å².